The van der Waals surface area contributed by atoms with E-state index in [2.05, 4.69) is 31.1 Å². The number of aromatic nitrogens is 4. The SMILES string of the molecule is C[C@H](CCN1CCC[C@@H](Cc2ccc(F)cc2)C1)NC(=O)Nc1cc(-c2nnnn2C)cc(C(C)(C)C(=O)O)c1. The molecular weight excluding hydrogens is 513 g/mol. The summed E-state index contributed by atoms with van der Waals surface area (Å²) in [6.45, 7) is 8.08. The molecule has 0 saturated carbocycles. The summed E-state index contributed by atoms with van der Waals surface area (Å²) in [5.74, 6) is -0.201. The van der Waals surface area contributed by atoms with Crippen molar-refractivity contribution in [3.63, 3.8) is 0 Å². The Bertz CT molecular complexity index is 1330. The second-order valence-electron chi connectivity index (χ2n) is 11.3. The molecule has 4 rings (SSSR count). The van der Waals surface area contributed by atoms with Gasteiger partial charge in [0.25, 0.3) is 0 Å². The van der Waals surface area contributed by atoms with Gasteiger partial charge in [-0.15, -0.1) is 5.10 Å². The summed E-state index contributed by atoms with van der Waals surface area (Å²) in [4.78, 5) is 27.3. The number of carbonyl (C=O) groups excluding carboxylic acids is 1. The molecule has 3 N–H and O–H groups in total. The van der Waals surface area contributed by atoms with Crippen LogP contribution in [0, 0.1) is 11.7 Å². The fourth-order valence-electron chi connectivity index (χ4n) is 5.10. The van der Waals surface area contributed by atoms with Crippen molar-refractivity contribution in [2.24, 2.45) is 13.0 Å². The summed E-state index contributed by atoms with van der Waals surface area (Å²) >= 11 is 0. The number of tetrazole rings is 1. The van der Waals surface area contributed by atoms with Crippen LogP contribution in [-0.2, 0) is 23.7 Å². The molecule has 2 aromatic carbocycles. The first kappa shape index (κ1) is 29.1. The van der Waals surface area contributed by atoms with E-state index in [1.807, 2.05) is 19.1 Å². The fourth-order valence-corrected chi connectivity index (χ4v) is 5.10. The molecule has 2 heterocycles. The highest BCUT2D eigenvalue weighted by Gasteiger charge is 2.31. The maximum atomic E-state index is 13.2. The van der Waals surface area contributed by atoms with E-state index in [0.29, 0.717) is 28.6 Å². The van der Waals surface area contributed by atoms with Crippen molar-refractivity contribution in [2.75, 3.05) is 25.0 Å². The Morgan fingerprint density at radius 3 is 2.62 bits per heavy atom. The van der Waals surface area contributed by atoms with Crippen LogP contribution in [0.15, 0.2) is 42.5 Å². The molecule has 3 aromatic rings. The second-order valence-corrected chi connectivity index (χ2v) is 11.3. The Hall–Kier alpha value is -3.86. The van der Waals surface area contributed by atoms with Crippen LogP contribution in [0.5, 0.6) is 0 Å². The van der Waals surface area contributed by atoms with Gasteiger partial charge in [0.1, 0.15) is 5.82 Å². The zero-order valence-corrected chi connectivity index (χ0v) is 23.5. The average molecular weight is 552 g/mol. The number of anilines is 1. The van der Waals surface area contributed by atoms with E-state index in [4.69, 9.17) is 0 Å². The summed E-state index contributed by atoms with van der Waals surface area (Å²) in [7, 11) is 1.69. The van der Waals surface area contributed by atoms with Crippen molar-refractivity contribution in [2.45, 2.75) is 57.9 Å². The molecular formula is C29H38FN7O3. The number of urea groups is 1. The number of carboxylic acid groups (broad SMARTS) is 1. The van der Waals surface area contributed by atoms with Crippen LogP contribution in [0.2, 0.25) is 0 Å². The monoisotopic (exact) mass is 551 g/mol. The number of rotatable bonds is 10. The summed E-state index contributed by atoms with van der Waals surface area (Å²) < 4.78 is 14.7. The van der Waals surface area contributed by atoms with E-state index in [-0.39, 0.29) is 17.9 Å². The smallest absolute Gasteiger partial charge is 0.319 e. The summed E-state index contributed by atoms with van der Waals surface area (Å²) in [5.41, 5.74) is 1.54. The van der Waals surface area contributed by atoms with E-state index < -0.39 is 11.4 Å². The first-order chi connectivity index (χ1) is 19.0. The lowest BCUT2D eigenvalue weighted by Crippen LogP contribution is -2.41. The van der Waals surface area contributed by atoms with E-state index in [1.165, 1.54) is 16.8 Å². The van der Waals surface area contributed by atoms with Gasteiger partial charge in [-0.2, -0.15) is 0 Å². The van der Waals surface area contributed by atoms with Crippen LogP contribution in [0.3, 0.4) is 0 Å². The second kappa shape index (κ2) is 12.5. The van der Waals surface area contributed by atoms with Gasteiger partial charge in [0.05, 0.1) is 5.41 Å². The molecule has 214 valence electrons. The first-order valence-electron chi connectivity index (χ1n) is 13.7. The Morgan fingerprint density at radius 2 is 1.95 bits per heavy atom. The number of hydrogen-bond donors (Lipinski definition) is 3. The van der Waals surface area contributed by atoms with Gasteiger partial charge >= 0.3 is 12.0 Å². The molecule has 2 amide bonds. The minimum Gasteiger partial charge on any atom is -0.481 e. The first-order valence-corrected chi connectivity index (χ1v) is 13.7. The number of carboxylic acids is 1. The predicted octanol–water partition coefficient (Wildman–Crippen LogP) is 4.23. The van der Waals surface area contributed by atoms with Crippen LogP contribution in [-0.4, -0.2) is 67.9 Å². The minimum atomic E-state index is -1.19. The molecule has 0 unspecified atom stereocenters. The van der Waals surface area contributed by atoms with Gasteiger partial charge in [-0.05, 0) is 111 Å². The number of nitrogens with zero attached hydrogens (tertiary/aromatic N) is 5. The van der Waals surface area contributed by atoms with Crippen molar-refractivity contribution >= 4 is 17.7 Å². The molecule has 0 aliphatic carbocycles. The van der Waals surface area contributed by atoms with Crippen LogP contribution in [0.1, 0.15) is 51.2 Å². The van der Waals surface area contributed by atoms with Crippen LogP contribution < -0.4 is 10.6 Å². The Balaban J connectivity index is 1.34. The number of likely N-dealkylation sites (tertiary alicyclic amines) is 1. The van der Waals surface area contributed by atoms with Crippen LogP contribution >= 0.6 is 0 Å². The lowest BCUT2D eigenvalue weighted by atomic mass is 9.83. The molecule has 40 heavy (non-hydrogen) atoms. The lowest BCUT2D eigenvalue weighted by Gasteiger charge is -2.33. The number of amides is 2. The average Bonchev–Trinajstić information content (AvgIpc) is 3.34. The van der Waals surface area contributed by atoms with Gasteiger partial charge in [0.2, 0.25) is 0 Å². The van der Waals surface area contributed by atoms with E-state index in [1.54, 1.807) is 39.1 Å². The van der Waals surface area contributed by atoms with Crippen molar-refractivity contribution in [1.82, 2.24) is 30.4 Å². The molecule has 2 atom stereocenters. The van der Waals surface area contributed by atoms with Gasteiger partial charge in [-0.1, -0.05) is 12.1 Å². The maximum Gasteiger partial charge on any atom is 0.319 e. The van der Waals surface area contributed by atoms with E-state index in [0.717, 1.165) is 50.9 Å². The van der Waals surface area contributed by atoms with Gasteiger partial charge in [0, 0.05) is 37.4 Å². The predicted molar refractivity (Wildman–Crippen MR) is 150 cm³/mol. The van der Waals surface area contributed by atoms with E-state index in [9.17, 15) is 19.1 Å². The summed E-state index contributed by atoms with van der Waals surface area (Å²) in [5, 5.41) is 27.2. The third kappa shape index (κ3) is 7.41. The molecule has 0 radical (unpaired) electrons. The number of aryl methyl sites for hydroxylation is 1. The van der Waals surface area contributed by atoms with Gasteiger partial charge < -0.3 is 20.6 Å². The summed E-state index contributed by atoms with van der Waals surface area (Å²) in [6.07, 6.45) is 4.02. The van der Waals surface area contributed by atoms with Crippen LogP contribution in [0.25, 0.3) is 11.4 Å². The quantitative estimate of drug-likeness (QED) is 0.344. The third-order valence-electron chi connectivity index (χ3n) is 7.62. The zero-order chi connectivity index (χ0) is 28.9. The highest BCUT2D eigenvalue weighted by molar-refractivity contribution is 5.91. The highest BCUT2D eigenvalue weighted by atomic mass is 19.1. The van der Waals surface area contributed by atoms with Crippen LogP contribution in [0.4, 0.5) is 14.9 Å². The number of hydrogen-bond acceptors (Lipinski definition) is 6. The lowest BCUT2D eigenvalue weighted by molar-refractivity contribution is -0.142. The van der Waals surface area contributed by atoms with Crippen molar-refractivity contribution in [1.29, 1.82) is 0 Å². The molecule has 1 fully saturated rings. The number of piperidine rings is 1. The fraction of sp³-hybridized carbons (Fsp3) is 0.483. The van der Waals surface area contributed by atoms with Crippen molar-refractivity contribution in [3.05, 3.63) is 59.4 Å². The van der Waals surface area contributed by atoms with Crippen molar-refractivity contribution in [3.8, 4) is 11.4 Å². The largest absolute Gasteiger partial charge is 0.481 e. The van der Waals surface area contributed by atoms with E-state index >= 15 is 0 Å². The standard InChI is InChI=1S/C29H38FN7O3/c1-19(11-13-37-12-5-6-21(18-37)14-20-7-9-24(30)10-8-20)31-28(40)32-25-16-22(26-33-34-35-36(26)4)15-23(17-25)29(2,3)27(38)39/h7-10,15-17,19,21H,5-6,11-14,18H2,1-4H3,(H,38,39)(H2,31,32,40)/t19-,21+/m1/s1. The molecule has 1 aliphatic rings. The number of carbonyl (C=O) groups is 2. The molecule has 0 bridgehead atoms. The number of benzene rings is 2. The van der Waals surface area contributed by atoms with Gasteiger partial charge in [-0.3, -0.25) is 4.79 Å². The Morgan fingerprint density at radius 1 is 1.20 bits per heavy atom. The number of halogens is 1. The molecule has 10 nitrogen and oxygen atoms in total. The van der Waals surface area contributed by atoms with Gasteiger partial charge in [0.15, 0.2) is 5.82 Å². The zero-order valence-electron chi connectivity index (χ0n) is 23.5. The number of aliphatic carboxylic acids is 1. The Labute approximate surface area is 234 Å². The molecule has 1 aliphatic heterocycles. The summed E-state index contributed by atoms with van der Waals surface area (Å²) in [6, 6.07) is 11.5. The number of nitrogens with one attached hydrogen (secondary N) is 2. The third-order valence-corrected chi connectivity index (χ3v) is 7.62. The molecule has 1 saturated heterocycles. The van der Waals surface area contributed by atoms with Crippen molar-refractivity contribution < 1.29 is 19.1 Å². The minimum absolute atomic E-state index is 0.0708. The normalized spacial score (nSPS) is 16.9. The molecule has 1 aromatic heterocycles. The topological polar surface area (TPSA) is 125 Å². The maximum absolute atomic E-state index is 13.2. The molecule has 0 spiro atoms. The van der Waals surface area contributed by atoms with Gasteiger partial charge in [-0.25, -0.2) is 13.9 Å². The molecule has 11 heteroatoms. The highest BCUT2D eigenvalue weighted by Crippen LogP contribution is 2.31. The Kier molecular flexibility index (Phi) is 9.14.